The summed E-state index contributed by atoms with van der Waals surface area (Å²) in [7, 11) is -6.20. The van der Waals surface area contributed by atoms with E-state index in [4.69, 9.17) is 25.8 Å². The van der Waals surface area contributed by atoms with Crippen molar-refractivity contribution in [3.63, 3.8) is 0 Å². The molecule has 1 N–H and O–H groups in total. The van der Waals surface area contributed by atoms with Gasteiger partial charge in [-0.3, -0.25) is 9.10 Å². The maximum absolute atomic E-state index is 13.1. The van der Waals surface area contributed by atoms with Crippen molar-refractivity contribution in [1.29, 1.82) is 0 Å². The number of nitrogens with zero attached hydrogens (tertiary/aromatic N) is 2. The van der Waals surface area contributed by atoms with E-state index < -0.39 is 32.5 Å². The SMILES string of the molecule is COc1ccccc1Oc1ccc(Cl)cc1NC(=O)CN(c1ccc(S(=O)(=O)N2CCOCC2)cc1)S(C)(=O)=O. The molecule has 0 spiro atoms. The standard InChI is InChI=1S/C26H28ClN3O8S2/c1-36-24-5-3-4-6-25(24)38-23-12-7-19(27)17-22(23)28-26(31)18-30(39(2,32)33)20-8-10-21(11-9-20)40(34,35)29-13-15-37-16-14-29/h3-12,17H,13-16,18H2,1-2H3,(H,28,31). The Bertz CT molecular complexity index is 1580. The van der Waals surface area contributed by atoms with Crippen LogP contribution in [-0.2, 0) is 29.6 Å². The lowest BCUT2D eigenvalue weighted by Gasteiger charge is -2.26. The second-order valence-electron chi connectivity index (χ2n) is 8.72. The van der Waals surface area contributed by atoms with Crippen LogP contribution in [0.15, 0.2) is 71.6 Å². The molecule has 214 valence electrons. The van der Waals surface area contributed by atoms with E-state index in [0.29, 0.717) is 29.7 Å². The van der Waals surface area contributed by atoms with E-state index in [2.05, 4.69) is 5.32 Å². The number of carbonyl (C=O) groups excluding carboxylic acids is 1. The third-order valence-electron chi connectivity index (χ3n) is 5.92. The summed E-state index contributed by atoms with van der Waals surface area (Å²) in [6.07, 6.45) is 0.953. The molecule has 40 heavy (non-hydrogen) atoms. The first-order valence-corrected chi connectivity index (χ1v) is 15.7. The van der Waals surface area contributed by atoms with E-state index in [9.17, 15) is 21.6 Å². The highest BCUT2D eigenvalue weighted by molar-refractivity contribution is 7.92. The summed E-state index contributed by atoms with van der Waals surface area (Å²) in [5.41, 5.74) is 0.332. The molecule has 14 heteroatoms. The van der Waals surface area contributed by atoms with Gasteiger partial charge in [0.2, 0.25) is 26.0 Å². The maximum atomic E-state index is 13.1. The third kappa shape index (κ3) is 7.04. The van der Waals surface area contributed by atoms with E-state index in [-0.39, 0.29) is 35.1 Å². The average molecular weight is 610 g/mol. The highest BCUT2D eigenvalue weighted by Crippen LogP contribution is 2.36. The number of carbonyl (C=O) groups is 1. The Morgan fingerprint density at radius 1 is 0.975 bits per heavy atom. The first kappa shape index (κ1) is 29.6. The third-order valence-corrected chi connectivity index (χ3v) is 9.21. The van der Waals surface area contributed by atoms with Crippen LogP contribution in [-0.4, -0.2) is 73.3 Å². The summed E-state index contributed by atoms with van der Waals surface area (Å²) < 4.78 is 69.7. The Morgan fingerprint density at radius 3 is 2.25 bits per heavy atom. The van der Waals surface area contributed by atoms with Crippen LogP contribution >= 0.6 is 11.6 Å². The number of para-hydroxylation sites is 2. The molecule has 0 aromatic heterocycles. The number of morpholine rings is 1. The number of amides is 1. The van der Waals surface area contributed by atoms with Crippen molar-refractivity contribution in [2.75, 3.05) is 55.8 Å². The number of sulfonamides is 2. The van der Waals surface area contributed by atoms with Gasteiger partial charge in [-0.05, 0) is 54.6 Å². The number of ether oxygens (including phenoxy) is 3. The van der Waals surface area contributed by atoms with Crippen molar-refractivity contribution < 1.29 is 35.8 Å². The van der Waals surface area contributed by atoms with Crippen molar-refractivity contribution in [3.8, 4) is 17.2 Å². The minimum atomic E-state index is -3.93. The molecule has 1 heterocycles. The number of hydrogen-bond donors (Lipinski definition) is 1. The summed E-state index contributed by atoms with van der Waals surface area (Å²) >= 11 is 6.15. The zero-order valence-corrected chi connectivity index (χ0v) is 24.1. The summed E-state index contributed by atoms with van der Waals surface area (Å²) in [5.74, 6) is 0.443. The van der Waals surface area contributed by atoms with Gasteiger partial charge < -0.3 is 19.5 Å². The van der Waals surface area contributed by atoms with Crippen molar-refractivity contribution in [3.05, 3.63) is 71.8 Å². The molecule has 3 aromatic carbocycles. The average Bonchev–Trinajstić information content (AvgIpc) is 2.93. The molecule has 0 saturated carbocycles. The Kier molecular flexibility index (Phi) is 9.21. The number of halogens is 1. The quantitative estimate of drug-likeness (QED) is 0.369. The van der Waals surface area contributed by atoms with Crippen LogP contribution in [0, 0.1) is 0 Å². The number of anilines is 2. The van der Waals surface area contributed by atoms with Gasteiger partial charge in [-0.2, -0.15) is 4.31 Å². The number of rotatable bonds is 10. The Labute approximate surface area is 238 Å². The van der Waals surface area contributed by atoms with Crippen LogP contribution < -0.4 is 19.1 Å². The predicted molar refractivity (Wildman–Crippen MR) is 151 cm³/mol. The van der Waals surface area contributed by atoms with E-state index in [1.807, 2.05) is 0 Å². The van der Waals surface area contributed by atoms with Crippen LogP contribution in [0.5, 0.6) is 17.2 Å². The van der Waals surface area contributed by atoms with E-state index in [1.165, 1.54) is 41.7 Å². The molecule has 1 fully saturated rings. The van der Waals surface area contributed by atoms with E-state index >= 15 is 0 Å². The molecule has 0 atom stereocenters. The van der Waals surface area contributed by atoms with Gasteiger partial charge in [-0.25, -0.2) is 16.8 Å². The van der Waals surface area contributed by atoms with Gasteiger partial charge in [0.25, 0.3) is 0 Å². The largest absolute Gasteiger partial charge is 0.493 e. The lowest BCUT2D eigenvalue weighted by atomic mass is 10.2. The van der Waals surface area contributed by atoms with Gasteiger partial charge in [0, 0.05) is 18.1 Å². The minimum absolute atomic E-state index is 0.00751. The second kappa shape index (κ2) is 12.4. The molecule has 1 aliphatic rings. The Hall–Kier alpha value is -3.36. The molecular weight excluding hydrogens is 582 g/mol. The second-order valence-corrected chi connectivity index (χ2v) is 13.0. The molecule has 11 nitrogen and oxygen atoms in total. The van der Waals surface area contributed by atoms with Crippen LogP contribution in [0.1, 0.15) is 0 Å². The normalized spacial score (nSPS) is 14.4. The van der Waals surface area contributed by atoms with Gasteiger partial charge in [0.05, 0.1) is 42.8 Å². The monoisotopic (exact) mass is 609 g/mol. The molecule has 1 aliphatic heterocycles. The van der Waals surface area contributed by atoms with Crippen LogP contribution in [0.2, 0.25) is 5.02 Å². The van der Waals surface area contributed by atoms with Gasteiger partial charge >= 0.3 is 0 Å². The molecule has 0 unspecified atom stereocenters. The molecule has 1 saturated heterocycles. The fourth-order valence-electron chi connectivity index (χ4n) is 3.95. The molecule has 0 aliphatic carbocycles. The summed E-state index contributed by atoms with van der Waals surface area (Å²) in [6.45, 7) is 0.464. The smallest absolute Gasteiger partial charge is 0.245 e. The zero-order chi connectivity index (χ0) is 28.9. The molecule has 0 bridgehead atoms. The maximum Gasteiger partial charge on any atom is 0.245 e. The van der Waals surface area contributed by atoms with Crippen LogP contribution in [0.4, 0.5) is 11.4 Å². The van der Waals surface area contributed by atoms with Gasteiger partial charge in [-0.1, -0.05) is 23.7 Å². The topological polar surface area (TPSA) is 132 Å². The molecule has 0 radical (unpaired) electrons. The molecular formula is C26H28ClN3O8S2. The highest BCUT2D eigenvalue weighted by atomic mass is 35.5. The van der Waals surface area contributed by atoms with Crippen molar-refractivity contribution in [1.82, 2.24) is 4.31 Å². The first-order chi connectivity index (χ1) is 19.0. The fraction of sp³-hybridized carbons (Fsp3) is 0.269. The summed E-state index contributed by atoms with van der Waals surface area (Å²) in [6, 6.07) is 16.9. The minimum Gasteiger partial charge on any atom is -0.493 e. The molecule has 3 aromatic rings. The van der Waals surface area contributed by atoms with Gasteiger partial charge in [0.15, 0.2) is 17.2 Å². The lowest BCUT2D eigenvalue weighted by molar-refractivity contribution is -0.114. The van der Waals surface area contributed by atoms with Crippen molar-refractivity contribution in [2.45, 2.75) is 4.90 Å². The zero-order valence-electron chi connectivity index (χ0n) is 21.7. The number of nitrogens with one attached hydrogen (secondary N) is 1. The number of hydrogen-bond acceptors (Lipinski definition) is 8. The molecule has 4 rings (SSSR count). The number of benzene rings is 3. The van der Waals surface area contributed by atoms with Crippen molar-refractivity contribution in [2.24, 2.45) is 0 Å². The predicted octanol–water partition coefficient (Wildman–Crippen LogP) is 3.57. The van der Waals surface area contributed by atoms with Crippen LogP contribution in [0.25, 0.3) is 0 Å². The lowest BCUT2D eigenvalue weighted by Crippen LogP contribution is -2.40. The Balaban J connectivity index is 1.54. The van der Waals surface area contributed by atoms with E-state index in [0.717, 1.165) is 10.6 Å². The Morgan fingerprint density at radius 2 is 1.62 bits per heavy atom. The van der Waals surface area contributed by atoms with E-state index in [1.54, 1.807) is 36.4 Å². The van der Waals surface area contributed by atoms with Gasteiger partial charge in [-0.15, -0.1) is 0 Å². The fourth-order valence-corrected chi connectivity index (χ4v) is 6.39. The highest BCUT2D eigenvalue weighted by Gasteiger charge is 2.27. The molecule has 1 amide bonds. The van der Waals surface area contributed by atoms with Crippen molar-refractivity contribution >= 4 is 48.9 Å². The van der Waals surface area contributed by atoms with Gasteiger partial charge in [0.1, 0.15) is 6.54 Å². The van der Waals surface area contributed by atoms with Crippen LogP contribution in [0.3, 0.4) is 0 Å². The first-order valence-electron chi connectivity index (χ1n) is 12.0. The summed E-state index contributed by atoms with van der Waals surface area (Å²) in [4.78, 5) is 13.1. The number of methoxy groups -OCH3 is 1. The summed E-state index contributed by atoms with van der Waals surface area (Å²) in [5, 5.41) is 2.97.